The highest BCUT2D eigenvalue weighted by atomic mass is 19.4. The number of H-pyrrole nitrogens is 1. The Bertz CT molecular complexity index is 1440. The molecule has 0 bridgehead atoms. The average molecular weight is 527 g/mol. The summed E-state index contributed by atoms with van der Waals surface area (Å²) in [6.45, 7) is 5.41. The van der Waals surface area contributed by atoms with Gasteiger partial charge in [-0.3, -0.25) is 14.5 Å². The lowest BCUT2D eigenvalue weighted by Gasteiger charge is -2.44. The van der Waals surface area contributed by atoms with Crippen molar-refractivity contribution >= 4 is 17.3 Å². The van der Waals surface area contributed by atoms with Crippen LogP contribution in [0, 0.1) is 17.7 Å². The van der Waals surface area contributed by atoms with Crippen molar-refractivity contribution in [1.29, 1.82) is 0 Å². The summed E-state index contributed by atoms with van der Waals surface area (Å²) in [6, 6.07) is 11.5. The highest BCUT2D eigenvalue weighted by Crippen LogP contribution is 2.33. The molecule has 1 amide bonds. The van der Waals surface area contributed by atoms with Crippen LogP contribution in [0.5, 0.6) is 0 Å². The highest BCUT2D eigenvalue weighted by Gasteiger charge is 2.36. The maximum absolute atomic E-state index is 13.6. The van der Waals surface area contributed by atoms with Crippen LogP contribution in [0.15, 0.2) is 59.5 Å². The molecule has 4 rings (SSSR count). The van der Waals surface area contributed by atoms with Gasteiger partial charge in [0, 0.05) is 48.6 Å². The number of aromatic amines is 1. The standard InChI is InChI=1S/C28H26F4N4O2/c1-17-15-36(16-18(2)35(17)3)25-11-8-20(5-4-19-6-9-21(29)10-7-19)12-24(25)34-27(38)22-14-33-26(37)13-23(22)28(30,31)32/h6-14,17-18H,15-16H2,1-3H3,(H,33,37)(H,34,38)/t17-,18+. The molecule has 38 heavy (non-hydrogen) atoms. The van der Waals surface area contributed by atoms with Gasteiger partial charge in [0.15, 0.2) is 0 Å². The molecular formula is C28H26F4N4O2. The van der Waals surface area contributed by atoms with Crippen LogP contribution in [0.2, 0.25) is 0 Å². The SMILES string of the molecule is C[C@@H]1CN(c2ccc(C#Cc3ccc(F)cc3)cc2NC(=O)c2c[nH]c(=O)cc2C(F)(F)F)C[C@H](C)N1C. The molecule has 2 aromatic carbocycles. The Labute approximate surface area is 217 Å². The molecule has 0 spiro atoms. The summed E-state index contributed by atoms with van der Waals surface area (Å²) in [5.74, 6) is 4.46. The van der Waals surface area contributed by atoms with Crippen molar-refractivity contribution in [2.24, 2.45) is 0 Å². The number of hydrogen-bond acceptors (Lipinski definition) is 4. The Morgan fingerprint density at radius 2 is 1.61 bits per heavy atom. The lowest BCUT2D eigenvalue weighted by molar-refractivity contribution is -0.138. The second-order valence-corrected chi connectivity index (χ2v) is 9.33. The molecule has 6 nitrogen and oxygen atoms in total. The average Bonchev–Trinajstić information content (AvgIpc) is 2.86. The fraction of sp³-hybridized carbons (Fsp3) is 0.286. The largest absolute Gasteiger partial charge is 0.417 e. The topological polar surface area (TPSA) is 68.4 Å². The first-order valence-electron chi connectivity index (χ1n) is 11.9. The van der Waals surface area contributed by atoms with Crippen LogP contribution in [-0.2, 0) is 6.18 Å². The van der Waals surface area contributed by atoms with E-state index in [1.807, 2.05) is 7.05 Å². The first-order valence-corrected chi connectivity index (χ1v) is 11.9. The summed E-state index contributed by atoms with van der Waals surface area (Å²) < 4.78 is 54.0. The third kappa shape index (κ3) is 6.06. The summed E-state index contributed by atoms with van der Waals surface area (Å²) >= 11 is 0. The fourth-order valence-corrected chi connectivity index (χ4v) is 4.35. The molecule has 2 N–H and O–H groups in total. The van der Waals surface area contributed by atoms with Gasteiger partial charge in [-0.1, -0.05) is 11.8 Å². The van der Waals surface area contributed by atoms with Gasteiger partial charge < -0.3 is 15.2 Å². The van der Waals surface area contributed by atoms with Crippen molar-refractivity contribution < 1.29 is 22.4 Å². The summed E-state index contributed by atoms with van der Waals surface area (Å²) in [6.07, 6.45) is -4.13. The lowest BCUT2D eigenvalue weighted by Crippen LogP contribution is -2.55. The number of pyridine rings is 1. The number of aromatic nitrogens is 1. The Hall–Kier alpha value is -4.10. The number of anilines is 2. The fourth-order valence-electron chi connectivity index (χ4n) is 4.35. The second-order valence-electron chi connectivity index (χ2n) is 9.33. The van der Waals surface area contributed by atoms with E-state index >= 15 is 0 Å². The lowest BCUT2D eigenvalue weighted by atomic mass is 10.1. The predicted molar refractivity (Wildman–Crippen MR) is 138 cm³/mol. The van der Waals surface area contributed by atoms with Gasteiger partial charge in [0.2, 0.25) is 5.56 Å². The third-order valence-corrected chi connectivity index (χ3v) is 6.61. The summed E-state index contributed by atoms with van der Waals surface area (Å²) in [5, 5.41) is 2.61. The zero-order valence-electron chi connectivity index (χ0n) is 21.0. The van der Waals surface area contributed by atoms with Gasteiger partial charge in [-0.25, -0.2) is 4.39 Å². The molecule has 3 aromatic rings. The molecule has 0 saturated carbocycles. The first kappa shape index (κ1) is 26.9. The van der Waals surface area contributed by atoms with Crippen LogP contribution in [0.3, 0.4) is 0 Å². The van der Waals surface area contributed by atoms with Crippen molar-refractivity contribution in [1.82, 2.24) is 9.88 Å². The van der Waals surface area contributed by atoms with Gasteiger partial charge >= 0.3 is 6.18 Å². The van der Waals surface area contributed by atoms with Crippen molar-refractivity contribution in [3.63, 3.8) is 0 Å². The number of carbonyl (C=O) groups excluding carboxylic acids is 1. The van der Waals surface area contributed by atoms with Gasteiger partial charge in [-0.15, -0.1) is 0 Å². The van der Waals surface area contributed by atoms with Crippen LogP contribution >= 0.6 is 0 Å². The van der Waals surface area contributed by atoms with E-state index in [-0.39, 0.29) is 23.6 Å². The molecule has 1 aromatic heterocycles. The van der Waals surface area contributed by atoms with Gasteiger partial charge in [0.25, 0.3) is 5.91 Å². The molecule has 198 valence electrons. The molecule has 1 saturated heterocycles. The first-order chi connectivity index (χ1) is 17.9. The number of hydrogen-bond donors (Lipinski definition) is 2. The zero-order valence-corrected chi connectivity index (χ0v) is 21.0. The third-order valence-electron chi connectivity index (χ3n) is 6.61. The van der Waals surface area contributed by atoms with Gasteiger partial charge in [0.1, 0.15) is 5.82 Å². The number of nitrogens with zero attached hydrogens (tertiary/aromatic N) is 2. The molecule has 1 fully saturated rings. The van der Waals surface area contributed by atoms with E-state index in [4.69, 9.17) is 0 Å². The van der Waals surface area contributed by atoms with Crippen LogP contribution in [0.25, 0.3) is 0 Å². The number of amides is 1. The molecule has 0 aliphatic carbocycles. The van der Waals surface area contributed by atoms with E-state index in [0.717, 1.165) is 6.20 Å². The normalized spacial score (nSPS) is 18.0. The maximum atomic E-state index is 13.6. The van der Waals surface area contributed by atoms with Gasteiger partial charge in [-0.05, 0) is 63.4 Å². The number of nitrogens with one attached hydrogen (secondary N) is 2. The van der Waals surface area contributed by atoms with E-state index in [2.05, 4.69) is 45.8 Å². The minimum Gasteiger partial charge on any atom is -0.367 e. The van der Waals surface area contributed by atoms with Crippen molar-refractivity contribution in [2.75, 3.05) is 30.4 Å². The molecule has 10 heteroatoms. The predicted octanol–water partition coefficient (Wildman–Crippen LogP) is 4.71. The number of benzene rings is 2. The van der Waals surface area contributed by atoms with E-state index in [0.29, 0.717) is 36.0 Å². The van der Waals surface area contributed by atoms with Crippen LogP contribution in [-0.4, -0.2) is 48.0 Å². The Balaban J connectivity index is 1.73. The Kier molecular flexibility index (Phi) is 7.60. The number of rotatable bonds is 3. The van der Waals surface area contributed by atoms with Crippen molar-refractivity contribution in [2.45, 2.75) is 32.1 Å². The highest BCUT2D eigenvalue weighted by molar-refractivity contribution is 6.07. The molecule has 2 atom stereocenters. The quantitative estimate of drug-likeness (QED) is 0.383. The maximum Gasteiger partial charge on any atom is 0.417 e. The smallest absolute Gasteiger partial charge is 0.367 e. The molecule has 0 radical (unpaired) electrons. The van der Waals surface area contributed by atoms with Gasteiger partial charge in [-0.2, -0.15) is 13.2 Å². The Morgan fingerprint density at radius 3 is 2.24 bits per heavy atom. The summed E-state index contributed by atoms with van der Waals surface area (Å²) in [7, 11) is 2.03. The number of piperazine rings is 1. The summed E-state index contributed by atoms with van der Waals surface area (Å²) in [4.78, 5) is 31.1. The minimum atomic E-state index is -4.89. The molecule has 2 heterocycles. The molecule has 1 aliphatic rings. The van der Waals surface area contributed by atoms with Crippen molar-refractivity contribution in [3.8, 4) is 11.8 Å². The van der Waals surface area contributed by atoms with Gasteiger partial charge in [0.05, 0.1) is 22.5 Å². The second kappa shape index (κ2) is 10.7. The van der Waals surface area contributed by atoms with E-state index < -0.39 is 28.8 Å². The van der Waals surface area contributed by atoms with Crippen LogP contribution in [0.1, 0.15) is 40.9 Å². The minimum absolute atomic E-state index is 0.191. The van der Waals surface area contributed by atoms with E-state index in [9.17, 15) is 27.2 Å². The van der Waals surface area contributed by atoms with Crippen LogP contribution in [0.4, 0.5) is 28.9 Å². The Morgan fingerprint density at radius 1 is 1.00 bits per heavy atom. The number of halogens is 4. The number of alkyl halides is 3. The summed E-state index contributed by atoms with van der Waals surface area (Å²) in [5.41, 5.74) is -1.000. The number of carbonyl (C=O) groups is 1. The molecule has 0 unspecified atom stereocenters. The van der Waals surface area contributed by atoms with Crippen LogP contribution < -0.4 is 15.8 Å². The monoisotopic (exact) mass is 526 g/mol. The molecule has 1 aliphatic heterocycles. The number of likely N-dealkylation sites (N-methyl/N-ethyl adjacent to an activating group) is 1. The van der Waals surface area contributed by atoms with E-state index in [1.165, 1.54) is 24.3 Å². The zero-order chi connectivity index (χ0) is 27.6. The molecular weight excluding hydrogens is 500 g/mol. The van der Waals surface area contributed by atoms with E-state index in [1.54, 1.807) is 18.2 Å². The van der Waals surface area contributed by atoms with Crippen molar-refractivity contribution in [3.05, 3.63) is 93.2 Å².